The van der Waals surface area contributed by atoms with Gasteiger partial charge < -0.3 is 14.9 Å². The predicted molar refractivity (Wildman–Crippen MR) is 84.5 cm³/mol. The SMILES string of the molecule is COc1ccc2cc[n+]3cc4c(O)cc(O)cc4cc3c2c1. The fraction of sp³-hybridized carbons (Fsp3) is 0.0556. The average Bonchev–Trinajstić information content (AvgIpc) is 2.52. The molecule has 4 aromatic rings. The second-order valence-electron chi connectivity index (χ2n) is 5.30. The van der Waals surface area contributed by atoms with E-state index in [1.165, 1.54) is 6.07 Å². The van der Waals surface area contributed by atoms with Gasteiger partial charge in [-0.2, -0.15) is 4.40 Å². The molecular weight excluding hydrogens is 278 g/mol. The van der Waals surface area contributed by atoms with Crippen LogP contribution < -0.4 is 9.14 Å². The average molecular weight is 292 g/mol. The highest BCUT2D eigenvalue weighted by Crippen LogP contribution is 2.31. The summed E-state index contributed by atoms with van der Waals surface area (Å²) in [5.74, 6) is 0.904. The third kappa shape index (κ3) is 1.81. The Morgan fingerprint density at radius 3 is 2.59 bits per heavy atom. The zero-order chi connectivity index (χ0) is 15.3. The molecule has 0 unspecified atom stereocenters. The van der Waals surface area contributed by atoms with Crippen molar-refractivity contribution >= 4 is 27.1 Å². The minimum Gasteiger partial charge on any atom is -0.508 e. The van der Waals surface area contributed by atoms with Gasteiger partial charge in [0.2, 0.25) is 5.52 Å². The van der Waals surface area contributed by atoms with Gasteiger partial charge in [-0.15, -0.1) is 0 Å². The maximum atomic E-state index is 10.0. The van der Waals surface area contributed by atoms with Crippen molar-refractivity contribution in [3.05, 3.63) is 54.9 Å². The van der Waals surface area contributed by atoms with Gasteiger partial charge in [-0.25, -0.2) is 0 Å². The zero-order valence-corrected chi connectivity index (χ0v) is 11.9. The largest absolute Gasteiger partial charge is 0.508 e. The number of hydrogen-bond donors (Lipinski definition) is 2. The van der Waals surface area contributed by atoms with Crippen molar-refractivity contribution in [2.24, 2.45) is 0 Å². The first-order chi connectivity index (χ1) is 10.7. The Morgan fingerprint density at radius 2 is 1.77 bits per heavy atom. The number of phenols is 2. The van der Waals surface area contributed by atoms with Crippen LogP contribution in [-0.2, 0) is 0 Å². The second-order valence-corrected chi connectivity index (χ2v) is 5.30. The molecular formula is C18H14NO3+. The molecule has 0 bridgehead atoms. The van der Waals surface area contributed by atoms with E-state index in [0.717, 1.165) is 27.4 Å². The summed E-state index contributed by atoms with van der Waals surface area (Å²) >= 11 is 0. The molecule has 0 atom stereocenters. The van der Waals surface area contributed by atoms with Crippen molar-refractivity contribution in [1.82, 2.24) is 0 Å². The first-order valence-corrected chi connectivity index (χ1v) is 6.93. The van der Waals surface area contributed by atoms with E-state index in [0.29, 0.717) is 5.39 Å². The Bertz CT molecular complexity index is 1040. The normalized spacial score (nSPS) is 11.3. The molecule has 0 fully saturated rings. The van der Waals surface area contributed by atoms with Crippen molar-refractivity contribution in [3.8, 4) is 17.2 Å². The topological polar surface area (TPSA) is 53.8 Å². The molecule has 2 N–H and O–H groups in total. The van der Waals surface area contributed by atoms with Crippen LogP contribution in [0, 0.1) is 0 Å². The Labute approximate surface area is 126 Å². The summed E-state index contributed by atoms with van der Waals surface area (Å²) in [4.78, 5) is 0. The van der Waals surface area contributed by atoms with Gasteiger partial charge >= 0.3 is 0 Å². The van der Waals surface area contributed by atoms with E-state index >= 15 is 0 Å². The summed E-state index contributed by atoms with van der Waals surface area (Å²) in [6.07, 6.45) is 3.81. The van der Waals surface area contributed by atoms with Crippen molar-refractivity contribution in [1.29, 1.82) is 0 Å². The summed E-state index contributed by atoms with van der Waals surface area (Å²) in [6.45, 7) is 0. The van der Waals surface area contributed by atoms with Gasteiger partial charge in [0.25, 0.3) is 0 Å². The molecule has 0 aliphatic rings. The molecule has 4 rings (SSSR count). The maximum Gasteiger partial charge on any atom is 0.219 e. The Kier molecular flexibility index (Phi) is 2.60. The van der Waals surface area contributed by atoms with Crippen molar-refractivity contribution in [2.75, 3.05) is 7.11 Å². The van der Waals surface area contributed by atoms with Crippen LogP contribution in [0.5, 0.6) is 17.2 Å². The molecule has 0 amide bonds. The van der Waals surface area contributed by atoms with E-state index in [1.807, 2.05) is 47.1 Å². The summed E-state index contributed by atoms with van der Waals surface area (Å²) in [7, 11) is 1.64. The van der Waals surface area contributed by atoms with E-state index in [1.54, 1.807) is 13.2 Å². The van der Waals surface area contributed by atoms with E-state index in [2.05, 4.69) is 0 Å². The molecule has 0 spiro atoms. The van der Waals surface area contributed by atoms with E-state index in [4.69, 9.17) is 4.74 Å². The van der Waals surface area contributed by atoms with E-state index in [9.17, 15) is 10.2 Å². The van der Waals surface area contributed by atoms with Gasteiger partial charge in [0, 0.05) is 23.6 Å². The molecule has 0 radical (unpaired) electrons. The predicted octanol–water partition coefficient (Wildman–Crippen LogP) is 3.15. The van der Waals surface area contributed by atoms with Crippen LogP contribution in [0.3, 0.4) is 0 Å². The van der Waals surface area contributed by atoms with Gasteiger partial charge in [0.1, 0.15) is 17.2 Å². The van der Waals surface area contributed by atoms with Gasteiger partial charge in [0.15, 0.2) is 12.4 Å². The fourth-order valence-electron chi connectivity index (χ4n) is 2.87. The van der Waals surface area contributed by atoms with Gasteiger partial charge in [-0.3, -0.25) is 0 Å². The highest BCUT2D eigenvalue weighted by molar-refractivity contribution is 5.99. The number of benzene rings is 2. The minimum atomic E-state index is 0.0483. The van der Waals surface area contributed by atoms with E-state index < -0.39 is 0 Å². The number of pyridine rings is 2. The third-order valence-electron chi connectivity index (χ3n) is 3.96. The molecule has 2 aromatic heterocycles. The number of methoxy groups -OCH3 is 1. The van der Waals surface area contributed by atoms with Crippen LogP contribution in [0.15, 0.2) is 54.9 Å². The lowest BCUT2D eigenvalue weighted by molar-refractivity contribution is -0.509. The Morgan fingerprint density at radius 1 is 0.909 bits per heavy atom. The molecule has 0 aliphatic carbocycles. The fourth-order valence-corrected chi connectivity index (χ4v) is 2.87. The number of hydrogen-bond acceptors (Lipinski definition) is 3. The highest BCUT2D eigenvalue weighted by atomic mass is 16.5. The van der Waals surface area contributed by atoms with Crippen LogP contribution in [0.25, 0.3) is 27.1 Å². The maximum absolute atomic E-state index is 10.0. The summed E-state index contributed by atoms with van der Waals surface area (Å²) in [6, 6.07) is 12.9. The molecule has 0 saturated heterocycles. The lowest BCUT2D eigenvalue weighted by Gasteiger charge is -2.05. The van der Waals surface area contributed by atoms with Gasteiger partial charge in [0.05, 0.1) is 17.9 Å². The van der Waals surface area contributed by atoms with Crippen molar-refractivity contribution in [2.45, 2.75) is 0 Å². The first kappa shape index (κ1) is 12.7. The quantitative estimate of drug-likeness (QED) is 0.322. The third-order valence-corrected chi connectivity index (χ3v) is 3.96. The van der Waals surface area contributed by atoms with Crippen LogP contribution >= 0.6 is 0 Å². The Balaban J connectivity index is 2.18. The molecule has 22 heavy (non-hydrogen) atoms. The number of aromatic hydroxyl groups is 2. The van der Waals surface area contributed by atoms with Crippen LogP contribution in [0.4, 0.5) is 0 Å². The molecule has 0 aliphatic heterocycles. The van der Waals surface area contributed by atoms with Crippen LogP contribution in [0.1, 0.15) is 0 Å². The summed E-state index contributed by atoms with van der Waals surface area (Å²) in [5, 5.41) is 23.3. The number of rotatable bonds is 1. The van der Waals surface area contributed by atoms with Crippen LogP contribution in [-0.4, -0.2) is 17.3 Å². The number of nitrogens with zero attached hydrogens (tertiary/aromatic N) is 1. The van der Waals surface area contributed by atoms with Gasteiger partial charge in [-0.1, -0.05) is 6.07 Å². The molecule has 4 heteroatoms. The van der Waals surface area contributed by atoms with E-state index in [-0.39, 0.29) is 11.5 Å². The number of phenolic OH excluding ortho intramolecular Hbond substituents is 2. The Hall–Kier alpha value is -3.01. The number of fused-ring (bicyclic) bond motifs is 4. The monoisotopic (exact) mass is 292 g/mol. The van der Waals surface area contributed by atoms with Crippen molar-refractivity contribution in [3.63, 3.8) is 0 Å². The highest BCUT2D eigenvalue weighted by Gasteiger charge is 2.13. The van der Waals surface area contributed by atoms with Gasteiger partial charge in [-0.05, 0) is 23.6 Å². The number of ether oxygens (including phenoxy) is 1. The smallest absolute Gasteiger partial charge is 0.219 e. The van der Waals surface area contributed by atoms with Crippen molar-refractivity contribution < 1.29 is 19.4 Å². The second kappa shape index (κ2) is 4.49. The molecule has 0 saturated carbocycles. The first-order valence-electron chi connectivity index (χ1n) is 6.93. The lowest BCUT2D eigenvalue weighted by Crippen LogP contribution is -2.20. The summed E-state index contributed by atoms with van der Waals surface area (Å²) in [5.41, 5.74) is 0.980. The number of aromatic nitrogens is 1. The lowest BCUT2D eigenvalue weighted by atomic mass is 10.1. The molecule has 4 nitrogen and oxygen atoms in total. The molecule has 108 valence electrons. The molecule has 2 aromatic carbocycles. The standard InChI is InChI=1S/C18H13NO3/c1-22-14-3-2-11-4-5-19-10-16-12(6-13(20)8-18(16)21)7-17(19)15(11)9-14/h2-10H,1H3,(H,20,21)/p+1. The summed E-state index contributed by atoms with van der Waals surface area (Å²) < 4.78 is 7.27. The molecule has 2 heterocycles. The minimum absolute atomic E-state index is 0.0483. The zero-order valence-electron chi connectivity index (χ0n) is 11.9. The van der Waals surface area contributed by atoms with Crippen LogP contribution in [0.2, 0.25) is 0 Å².